The van der Waals surface area contributed by atoms with Crippen LogP contribution in [0.25, 0.3) is 75.8 Å². The quantitative estimate of drug-likeness (QED) is 0.162. The third-order valence-electron chi connectivity index (χ3n) is 11.5. The van der Waals surface area contributed by atoms with Crippen LogP contribution >= 0.6 is 0 Å². The number of nitrogens with zero attached hydrogens (tertiary/aromatic N) is 1. The molecule has 0 bridgehead atoms. The number of hydrogen-bond donors (Lipinski definition) is 0. The highest BCUT2D eigenvalue weighted by Crippen LogP contribution is 2.50. The first-order chi connectivity index (χ1) is 27.6. The minimum absolute atomic E-state index is 0.209. The van der Waals surface area contributed by atoms with E-state index in [-0.39, 0.29) is 10.8 Å². The van der Waals surface area contributed by atoms with E-state index in [0.29, 0.717) is 5.39 Å². The number of rotatable bonds is 4. The van der Waals surface area contributed by atoms with Crippen molar-refractivity contribution in [3.63, 3.8) is 0 Å². The first-order valence-corrected chi connectivity index (χ1v) is 19.3. The molecule has 0 aliphatic heterocycles. The van der Waals surface area contributed by atoms with Crippen LogP contribution in [0.5, 0.6) is 0 Å². The molecule has 0 aliphatic rings. The molecule has 10 aromatic rings. The summed E-state index contributed by atoms with van der Waals surface area (Å²) in [6.45, 7) is 6.52. The Morgan fingerprint density at radius 1 is 0.386 bits per heavy atom. The summed E-state index contributed by atoms with van der Waals surface area (Å²) in [6.07, 6.45) is -4.49. The highest BCUT2D eigenvalue weighted by molar-refractivity contribution is 6.30. The molecule has 0 saturated heterocycles. The Bertz CT molecular complexity index is 3210. The Hall–Kier alpha value is -6.65. The summed E-state index contributed by atoms with van der Waals surface area (Å²) in [6, 6.07) is 59.6. The average molecular weight is 746 g/mol. The van der Waals surface area contributed by atoms with Crippen molar-refractivity contribution in [1.82, 2.24) is 0 Å². The molecule has 10 rings (SSSR count). The number of alkyl halides is 3. The summed E-state index contributed by atoms with van der Waals surface area (Å²) in [5.41, 5.74) is 5.50. The summed E-state index contributed by atoms with van der Waals surface area (Å²) in [4.78, 5) is 2.37. The summed E-state index contributed by atoms with van der Waals surface area (Å²) in [5, 5.41) is 11.1. The van der Waals surface area contributed by atoms with E-state index in [4.69, 9.17) is 0 Å². The van der Waals surface area contributed by atoms with E-state index >= 15 is 0 Å². The van der Waals surface area contributed by atoms with Crippen molar-refractivity contribution < 1.29 is 13.2 Å². The average Bonchev–Trinajstić information content (AvgIpc) is 3.22. The normalized spacial score (nSPS) is 12.4. The van der Waals surface area contributed by atoms with Crippen molar-refractivity contribution in [3.8, 4) is 11.1 Å². The molecule has 1 nitrogen and oxygen atoms in total. The van der Waals surface area contributed by atoms with Crippen LogP contribution in [0.15, 0.2) is 176 Å². The van der Waals surface area contributed by atoms with Crippen molar-refractivity contribution in [2.75, 3.05) is 4.90 Å². The predicted molar refractivity (Wildman–Crippen MR) is 235 cm³/mol. The van der Waals surface area contributed by atoms with E-state index in [1.54, 1.807) is 12.1 Å². The molecule has 57 heavy (non-hydrogen) atoms. The number of benzene rings is 10. The number of fused-ring (bicyclic) bond motifs is 9. The summed E-state index contributed by atoms with van der Waals surface area (Å²) in [7, 11) is 0. The smallest absolute Gasteiger partial charge is 0.309 e. The Morgan fingerprint density at radius 2 is 1.00 bits per heavy atom. The van der Waals surface area contributed by atoms with Gasteiger partial charge in [-0.1, -0.05) is 160 Å². The largest absolute Gasteiger partial charge is 0.417 e. The van der Waals surface area contributed by atoms with E-state index < -0.39 is 11.7 Å². The second kappa shape index (κ2) is 13.0. The van der Waals surface area contributed by atoms with Crippen LogP contribution in [0.2, 0.25) is 0 Å². The van der Waals surface area contributed by atoms with E-state index in [1.807, 2.05) is 24.3 Å². The topological polar surface area (TPSA) is 3.24 Å². The maximum Gasteiger partial charge on any atom is 0.417 e. The lowest BCUT2D eigenvalue weighted by molar-refractivity contribution is -0.136. The summed E-state index contributed by atoms with van der Waals surface area (Å²) >= 11 is 0. The molecule has 276 valence electrons. The van der Waals surface area contributed by atoms with Crippen molar-refractivity contribution in [2.45, 2.75) is 32.4 Å². The Morgan fingerprint density at radius 3 is 1.74 bits per heavy atom. The molecule has 0 N–H and O–H groups in total. The van der Waals surface area contributed by atoms with Gasteiger partial charge in [-0.05, 0) is 112 Å². The molecule has 0 unspecified atom stereocenters. The fraction of sp³-hybridized carbons (Fsp3) is 0.0943. The van der Waals surface area contributed by atoms with Gasteiger partial charge in [0.25, 0.3) is 0 Å². The van der Waals surface area contributed by atoms with Gasteiger partial charge in [-0.25, -0.2) is 0 Å². The third kappa shape index (κ3) is 5.70. The Labute approximate surface area is 329 Å². The monoisotopic (exact) mass is 745 g/mol. The molecule has 0 aromatic heterocycles. The van der Waals surface area contributed by atoms with E-state index in [1.165, 1.54) is 6.07 Å². The molecule has 10 aromatic carbocycles. The molecular formula is C53H38F3N. The standard InChI is InChI=1S/C53H38F3N/c1-52(2,3)47-31-36-32-49(42-20-11-12-21-44(42)50(36)51-43-22-13-23-46(53(54,55)56)40(43)26-27-45(47)51)57(37-25-24-33-14-7-8-17-35(33)30-37)48-29-28-38(34-15-5-4-6-16-34)39-18-9-10-19-41(39)48/h4-32H,1-3H3. The molecule has 0 saturated carbocycles. The van der Waals surface area contributed by atoms with Gasteiger partial charge in [-0.3, -0.25) is 0 Å². The molecule has 0 heterocycles. The minimum Gasteiger partial charge on any atom is -0.309 e. The SMILES string of the molecule is CC(C)(C)c1cc2cc(N(c3ccc4ccccc4c3)c3ccc(-c4ccccc4)c4ccccc34)c3ccccc3c2c2c1ccc1c(C(F)(F)F)cccc12. The van der Waals surface area contributed by atoms with E-state index in [2.05, 4.69) is 159 Å². The van der Waals surface area contributed by atoms with Crippen LogP contribution in [0.3, 0.4) is 0 Å². The second-order valence-corrected chi connectivity index (χ2v) is 16.0. The van der Waals surface area contributed by atoms with Gasteiger partial charge in [0.15, 0.2) is 0 Å². The minimum atomic E-state index is -4.49. The Kier molecular flexibility index (Phi) is 7.92. The zero-order valence-corrected chi connectivity index (χ0v) is 31.8. The maximum atomic E-state index is 14.5. The zero-order chi connectivity index (χ0) is 39.1. The molecule has 0 aliphatic carbocycles. The van der Waals surface area contributed by atoms with Crippen molar-refractivity contribution >= 4 is 81.7 Å². The van der Waals surface area contributed by atoms with Crippen LogP contribution in [0.1, 0.15) is 31.9 Å². The lowest BCUT2D eigenvalue weighted by Crippen LogP contribution is -2.13. The molecule has 0 atom stereocenters. The molecular weight excluding hydrogens is 708 g/mol. The molecule has 0 fully saturated rings. The van der Waals surface area contributed by atoms with Gasteiger partial charge < -0.3 is 4.90 Å². The fourth-order valence-electron chi connectivity index (χ4n) is 8.98. The van der Waals surface area contributed by atoms with Gasteiger partial charge in [0.05, 0.1) is 16.9 Å². The maximum absolute atomic E-state index is 14.5. The van der Waals surface area contributed by atoms with Crippen LogP contribution in [0, 0.1) is 0 Å². The van der Waals surface area contributed by atoms with Crippen molar-refractivity contribution in [3.05, 3.63) is 187 Å². The van der Waals surface area contributed by atoms with Gasteiger partial charge in [0.1, 0.15) is 0 Å². The van der Waals surface area contributed by atoms with Gasteiger partial charge in [-0.15, -0.1) is 0 Å². The fourth-order valence-corrected chi connectivity index (χ4v) is 8.98. The molecule has 0 amide bonds. The lowest BCUT2D eigenvalue weighted by Gasteiger charge is -2.30. The third-order valence-corrected chi connectivity index (χ3v) is 11.5. The molecule has 0 radical (unpaired) electrons. The summed E-state index contributed by atoms with van der Waals surface area (Å²) in [5.74, 6) is 0. The number of anilines is 3. The highest BCUT2D eigenvalue weighted by Gasteiger charge is 2.33. The Balaban J connectivity index is 1.36. The lowest BCUT2D eigenvalue weighted by atomic mass is 9.80. The number of hydrogen-bond acceptors (Lipinski definition) is 1. The van der Waals surface area contributed by atoms with Gasteiger partial charge in [0, 0.05) is 16.5 Å². The first-order valence-electron chi connectivity index (χ1n) is 19.3. The first kappa shape index (κ1) is 34.8. The van der Waals surface area contributed by atoms with E-state index in [9.17, 15) is 13.2 Å². The second-order valence-electron chi connectivity index (χ2n) is 16.0. The molecule has 4 heteroatoms. The number of halogens is 3. The van der Waals surface area contributed by atoms with Crippen LogP contribution < -0.4 is 4.90 Å². The van der Waals surface area contributed by atoms with Crippen molar-refractivity contribution in [1.29, 1.82) is 0 Å². The zero-order valence-electron chi connectivity index (χ0n) is 31.8. The van der Waals surface area contributed by atoms with Crippen molar-refractivity contribution in [2.24, 2.45) is 0 Å². The predicted octanol–water partition coefficient (Wildman–Crippen LogP) is 16.1. The molecule has 0 spiro atoms. The van der Waals surface area contributed by atoms with Gasteiger partial charge >= 0.3 is 6.18 Å². The van der Waals surface area contributed by atoms with Gasteiger partial charge in [0.2, 0.25) is 0 Å². The van der Waals surface area contributed by atoms with Crippen LogP contribution in [-0.2, 0) is 11.6 Å². The van der Waals surface area contributed by atoms with Crippen LogP contribution in [0.4, 0.5) is 30.2 Å². The van der Waals surface area contributed by atoms with Gasteiger partial charge in [-0.2, -0.15) is 13.2 Å². The van der Waals surface area contributed by atoms with Crippen LogP contribution in [-0.4, -0.2) is 0 Å². The van der Waals surface area contributed by atoms with E-state index in [0.717, 1.165) is 87.6 Å². The highest BCUT2D eigenvalue weighted by atomic mass is 19.4. The summed E-state index contributed by atoms with van der Waals surface area (Å²) < 4.78 is 43.6.